The van der Waals surface area contributed by atoms with Crippen molar-refractivity contribution in [3.05, 3.63) is 77.1 Å². The lowest BCUT2D eigenvalue weighted by atomic mass is 9.83. The van der Waals surface area contributed by atoms with Gasteiger partial charge in [0, 0.05) is 18.9 Å². The van der Waals surface area contributed by atoms with Gasteiger partial charge in [0.15, 0.2) is 11.5 Å². The number of esters is 2. The monoisotopic (exact) mass is 437 g/mol. The summed E-state index contributed by atoms with van der Waals surface area (Å²) in [6.07, 6.45) is 3.38. The Hall–Kier alpha value is -3.94. The number of carbonyl (C=O) groups is 2. The average Bonchev–Trinajstić information content (AvgIpc) is 3.31. The van der Waals surface area contributed by atoms with E-state index in [4.69, 9.17) is 23.7 Å². The second-order valence-electron chi connectivity index (χ2n) is 7.22. The second kappa shape index (κ2) is 9.05. The zero-order valence-corrected chi connectivity index (χ0v) is 18.0. The summed E-state index contributed by atoms with van der Waals surface area (Å²) in [7, 11) is 4.22. The predicted octanol–water partition coefficient (Wildman–Crippen LogP) is 3.14. The van der Waals surface area contributed by atoms with E-state index in [1.165, 1.54) is 14.2 Å². The van der Waals surface area contributed by atoms with Crippen molar-refractivity contribution in [1.82, 2.24) is 4.90 Å². The van der Waals surface area contributed by atoms with Crippen molar-refractivity contribution in [2.45, 2.75) is 12.5 Å². The molecule has 166 valence electrons. The highest BCUT2D eigenvalue weighted by Gasteiger charge is 2.36. The van der Waals surface area contributed by atoms with E-state index >= 15 is 0 Å². The van der Waals surface area contributed by atoms with Crippen LogP contribution in [0.5, 0.6) is 17.2 Å². The molecule has 4 rings (SSSR count). The van der Waals surface area contributed by atoms with Crippen LogP contribution >= 0.6 is 0 Å². The number of carbonyl (C=O) groups excluding carboxylic acids is 2. The van der Waals surface area contributed by atoms with Gasteiger partial charge in [-0.15, -0.1) is 0 Å². The Labute approximate surface area is 185 Å². The van der Waals surface area contributed by atoms with Crippen molar-refractivity contribution < 1.29 is 33.3 Å². The van der Waals surface area contributed by atoms with Gasteiger partial charge in [-0.3, -0.25) is 0 Å². The van der Waals surface area contributed by atoms with Gasteiger partial charge < -0.3 is 28.6 Å². The molecular weight excluding hydrogens is 414 g/mol. The highest BCUT2D eigenvalue weighted by Crippen LogP contribution is 2.41. The molecule has 0 saturated carbocycles. The Morgan fingerprint density at radius 1 is 0.906 bits per heavy atom. The van der Waals surface area contributed by atoms with Crippen LogP contribution in [0.3, 0.4) is 0 Å². The fourth-order valence-corrected chi connectivity index (χ4v) is 3.77. The number of nitrogens with zero attached hydrogens (tertiary/aromatic N) is 1. The summed E-state index contributed by atoms with van der Waals surface area (Å²) in [6.45, 7) is 0.553. The van der Waals surface area contributed by atoms with Crippen LogP contribution in [-0.2, 0) is 25.6 Å². The molecule has 0 radical (unpaired) electrons. The number of ether oxygens (including phenoxy) is 5. The van der Waals surface area contributed by atoms with E-state index in [1.54, 1.807) is 42.6 Å². The van der Waals surface area contributed by atoms with Crippen LogP contribution in [0.4, 0.5) is 0 Å². The number of hydrogen-bond acceptors (Lipinski definition) is 8. The Morgan fingerprint density at radius 3 is 2.12 bits per heavy atom. The van der Waals surface area contributed by atoms with Gasteiger partial charge >= 0.3 is 11.9 Å². The Morgan fingerprint density at radius 2 is 1.53 bits per heavy atom. The summed E-state index contributed by atoms with van der Waals surface area (Å²) in [5.74, 6) is 0.140. The maximum atomic E-state index is 12.8. The number of benzene rings is 2. The molecule has 0 atom stereocenters. The van der Waals surface area contributed by atoms with Gasteiger partial charge in [-0.25, -0.2) is 9.59 Å². The van der Waals surface area contributed by atoms with E-state index in [0.717, 1.165) is 11.3 Å². The number of rotatable bonds is 6. The molecule has 0 fully saturated rings. The van der Waals surface area contributed by atoms with Crippen LogP contribution in [0, 0.1) is 0 Å². The maximum absolute atomic E-state index is 12.8. The second-order valence-corrected chi connectivity index (χ2v) is 7.22. The van der Waals surface area contributed by atoms with Crippen LogP contribution in [0.15, 0.2) is 66.0 Å². The lowest BCUT2D eigenvalue weighted by Crippen LogP contribution is -2.28. The van der Waals surface area contributed by atoms with Gasteiger partial charge in [-0.05, 0) is 35.4 Å². The summed E-state index contributed by atoms with van der Waals surface area (Å²) >= 11 is 0. The quantitative estimate of drug-likeness (QED) is 0.638. The standard InChI is InChI=1S/C24H23NO7/c1-28-17-7-4-15(5-8-17)11-25-12-18(23(26)29-2)22(19(13-25)24(27)30-3)16-6-9-20-21(10-16)32-14-31-20/h4-10,12-13,22H,11,14H2,1-3H3. The Kier molecular flexibility index (Phi) is 6.02. The first-order valence-electron chi connectivity index (χ1n) is 9.92. The van der Waals surface area contributed by atoms with Crippen LogP contribution in [0.2, 0.25) is 0 Å². The van der Waals surface area contributed by atoms with E-state index in [2.05, 4.69) is 0 Å². The fourth-order valence-electron chi connectivity index (χ4n) is 3.77. The van der Waals surface area contributed by atoms with E-state index in [1.807, 2.05) is 24.3 Å². The summed E-state index contributed by atoms with van der Waals surface area (Å²) in [5.41, 5.74) is 2.27. The first kappa shape index (κ1) is 21.3. The van der Waals surface area contributed by atoms with Crippen LogP contribution in [0.1, 0.15) is 17.0 Å². The van der Waals surface area contributed by atoms with Crippen molar-refractivity contribution in [3.8, 4) is 17.2 Å². The van der Waals surface area contributed by atoms with Gasteiger partial charge in [-0.2, -0.15) is 0 Å². The molecular formula is C24H23NO7. The largest absolute Gasteiger partial charge is 0.497 e. The molecule has 2 heterocycles. The summed E-state index contributed by atoms with van der Waals surface area (Å²) in [5, 5.41) is 0. The van der Waals surface area contributed by atoms with E-state index in [-0.39, 0.29) is 6.79 Å². The summed E-state index contributed by atoms with van der Waals surface area (Å²) in [4.78, 5) is 27.3. The van der Waals surface area contributed by atoms with Gasteiger partial charge in [-0.1, -0.05) is 18.2 Å². The SMILES string of the molecule is COC(=O)C1=CN(Cc2ccc(OC)cc2)C=C(C(=O)OC)C1c1ccc2c(c1)OCO2. The van der Waals surface area contributed by atoms with E-state index < -0.39 is 17.9 Å². The minimum atomic E-state index is -0.684. The molecule has 32 heavy (non-hydrogen) atoms. The highest BCUT2D eigenvalue weighted by molar-refractivity contribution is 5.98. The lowest BCUT2D eigenvalue weighted by molar-refractivity contribution is -0.137. The third kappa shape index (κ3) is 4.12. The molecule has 2 aromatic carbocycles. The van der Waals surface area contributed by atoms with Crippen LogP contribution in [-0.4, -0.2) is 45.0 Å². The number of fused-ring (bicyclic) bond motifs is 1. The van der Waals surface area contributed by atoms with Gasteiger partial charge in [0.05, 0.1) is 38.4 Å². The molecule has 2 aromatic rings. The van der Waals surface area contributed by atoms with Crippen molar-refractivity contribution in [2.24, 2.45) is 0 Å². The van der Waals surface area contributed by atoms with Gasteiger partial charge in [0.2, 0.25) is 6.79 Å². The maximum Gasteiger partial charge on any atom is 0.336 e. The Bertz CT molecular complexity index is 1050. The molecule has 2 aliphatic rings. The summed E-state index contributed by atoms with van der Waals surface area (Å²) in [6, 6.07) is 12.9. The molecule has 0 bridgehead atoms. The minimum absolute atomic E-state index is 0.124. The highest BCUT2D eigenvalue weighted by atomic mass is 16.7. The van der Waals surface area contributed by atoms with Crippen molar-refractivity contribution in [2.75, 3.05) is 28.1 Å². The summed E-state index contributed by atoms with van der Waals surface area (Å²) < 4.78 is 26.1. The topological polar surface area (TPSA) is 83.5 Å². The smallest absolute Gasteiger partial charge is 0.336 e. The molecule has 8 nitrogen and oxygen atoms in total. The zero-order valence-electron chi connectivity index (χ0n) is 18.0. The third-order valence-electron chi connectivity index (χ3n) is 5.33. The molecule has 0 amide bonds. The average molecular weight is 437 g/mol. The molecule has 0 saturated heterocycles. The fraction of sp³-hybridized carbons (Fsp3) is 0.250. The minimum Gasteiger partial charge on any atom is -0.497 e. The normalized spacial score (nSPS) is 15.0. The van der Waals surface area contributed by atoms with Crippen molar-refractivity contribution in [3.63, 3.8) is 0 Å². The van der Waals surface area contributed by atoms with Crippen molar-refractivity contribution >= 4 is 11.9 Å². The van der Waals surface area contributed by atoms with Gasteiger partial charge in [0.25, 0.3) is 0 Å². The first-order chi connectivity index (χ1) is 15.5. The van der Waals surface area contributed by atoms with Gasteiger partial charge in [0.1, 0.15) is 5.75 Å². The zero-order chi connectivity index (χ0) is 22.7. The lowest BCUT2D eigenvalue weighted by Gasteiger charge is -2.30. The molecule has 0 unspecified atom stereocenters. The number of hydrogen-bond donors (Lipinski definition) is 0. The molecule has 0 spiro atoms. The van der Waals surface area contributed by atoms with Crippen molar-refractivity contribution in [1.29, 1.82) is 0 Å². The molecule has 0 aromatic heterocycles. The van der Waals surface area contributed by atoms with Crippen LogP contribution in [0.25, 0.3) is 0 Å². The number of methoxy groups -OCH3 is 3. The van der Waals surface area contributed by atoms with E-state index in [0.29, 0.717) is 34.8 Å². The molecule has 8 heteroatoms. The first-order valence-corrected chi connectivity index (χ1v) is 9.92. The van der Waals surface area contributed by atoms with E-state index in [9.17, 15) is 9.59 Å². The Balaban J connectivity index is 1.74. The third-order valence-corrected chi connectivity index (χ3v) is 5.33. The molecule has 2 aliphatic heterocycles. The van der Waals surface area contributed by atoms with Crippen LogP contribution < -0.4 is 14.2 Å². The molecule has 0 N–H and O–H groups in total. The predicted molar refractivity (Wildman–Crippen MR) is 114 cm³/mol. The molecule has 0 aliphatic carbocycles.